The molecule has 3 aliphatic rings. The maximum absolute atomic E-state index is 10.7. The third-order valence-electron chi connectivity index (χ3n) is 9.11. The van der Waals surface area contributed by atoms with Gasteiger partial charge in [-0.2, -0.15) is 0 Å². The van der Waals surface area contributed by atoms with Crippen molar-refractivity contribution in [2.75, 3.05) is 13.2 Å². The van der Waals surface area contributed by atoms with E-state index in [1.165, 1.54) is 31.3 Å². The van der Waals surface area contributed by atoms with E-state index in [-0.39, 0.29) is 18.1 Å². The molecule has 0 aliphatic heterocycles. The van der Waals surface area contributed by atoms with E-state index >= 15 is 0 Å². The molecule has 0 aromatic rings. The zero-order valence-corrected chi connectivity index (χ0v) is 22.5. The summed E-state index contributed by atoms with van der Waals surface area (Å²) in [5.74, 6) is 2.23. The molecule has 4 N–H and O–H groups in total. The van der Waals surface area contributed by atoms with Crippen molar-refractivity contribution in [1.82, 2.24) is 0 Å². The topological polar surface area (TPSA) is 90.2 Å². The lowest BCUT2D eigenvalue weighted by atomic mass is 9.60. The summed E-state index contributed by atoms with van der Waals surface area (Å²) in [6.07, 6.45) is 10.3. The van der Waals surface area contributed by atoms with Crippen molar-refractivity contribution >= 4 is 0 Å². The Kier molecular flexibility index (Phi) is 10.2. The van der Waals surface area contributed by atoms with E-state index in [2.05, 4.69) is 46.4 Å². The number of hydrogen-bond acceptors (Lipinski definition) is 5. The van der Waals surface area contributed by atoms with Gasteiger partial charge in [0.1, 0.15) is 12.2 Å². The van der Waals surface area contributed by atoms with Gasteiger partial charge in [0.05, 0.1) is 12.2 Å². The van der Waals surface area contributed by atoms with Gasteiger partial charge in [-0.1, -0.05) is 52.0 Å². The highest BCUT2D eigenvalue weighted by Crippen LogP contribution is 2.60. The van der Waals surface area contributed by atoms with Gasteiger partial charge in [0.25, 0.3) is 0 Å². The van der Waals surface area contributed by atoms with E-state index in [0.717, 1.165) is 24.8 Å². The molecule has 4 unspecified atom stereocenters. The van der Waals surface area contributed by atoms with E-state index < -0.39 is 18.3 Å². The highest BCUT2D eigenvalue weighted by Gasteiger charge is 2.50. The second kappa shape index (κ2) is 12.5. The van der Waals surface area contributed by atoms with Crippen LogP contribution < -0.4 is 0 Å². The minimum atomic E-state index is -0.937. The maximum Gasteiger partial charge on any atom is 0.114 e. The SMILES string of the molecule is C=C1/C(=C\C=C2CCC[C@@]3(C)C2CC[C@@H]3[C@H](C)CC(O)CC(C)C)C[C@@H](O)C(OCCCO)C1O. The number of ether oxygens (including phenoxy) is 1. The van der Waals surface area contributed by atoms with Crippen LogP contribution in [0.1, 0.15) is 85.5 Å². The number of fused-ring (bicyclic) bond motifs is 1. The van der Waals surface area contributed by atoms with Crippen molar-refractivity contribution in [3.63, 3.8) is 0 Å². The first kappa shape index (κ1) is 28.6. The van der Waals surface area contributed by atoms with Crippen molar-refractivity contribution < 1.29 is 25.2 Å². The van der Waals surface area contributed by atoms with E-state index in [0.29, 0.717) is 48.7 Å². The molecular formula is C30H50O5. The molecule has 0 aromatic heterocycles. The van der Waals surface area contributed by atoms with E-state index in [9.17, 15) is 15.3 Å². The van der Waals surface area contributed by atoms with Gasteiger partial charge < -0.3 is 25.2 Å². The molecule has 0 aromatic carbocycles. The Labute approximate surface area is 213 Å². The summed E-state index contributed by atoms with van der Waals surface area (Å²) < 4.78 is 5.63. The third kappa shape index (κ3) is 6.67. The lowest BCUT2D eigenvalue weighted by molar-refractivity contribution is -0.0968. The number of aliphatic hydroxyl groups excluding tert-OH is 4. The zero-order chi connectivity index (χ0) is 25.8. The van der Waals surface area contributed by atoms with Crippen LogP contribution in [0.5, 0.6) is 0 Å². The highest BCUT2D eigenvalue weighted by molar-refractivity contribution is 5.40. The predicted octanol–water partition coefficient (Wildman–Crippen LogP) is 4.94. The van der Waals surface area contributed by atoms with Crippen molar-refractivity contribution in [3.05, 3.63) is 35.5 Å². The molecule has 8 atom stereocenters. The standard InChI is InChI=1S/C30H50O5/c1-19(2)16-24(32)17-20(3)25-11-12-26-22(8-6-13-30(25,26)5)9-10-23-18-27(33)29(28(34)21(23)4)35-15-7-14-31/h9-10,19-20,24-29,31-34H,4,6-8,11-18H2,1-3,5H3/b22-9?,23-10-/t20-,24?,25-,26?,27-,28?,29?,30-/m1/s1. The quantitative estimate of drug-likeness (QED) is 0.326. The smallest absolute Gasteiger partial charge is 0.114 e. The molecule has 0 saturated heterocycles. The fourth-order valence-corrected chi connectivity index (χ4v) is 7.39. The van der Waals surface area contributed by atoms with E-state index in [4.69, 9.17) is 9.84 Å². The van der Waals surface area contributed by atoms with E-state index in [1.807, 2.05) is 0 Å². The molecule has 3 aliphatic carbocycles. The molecule has 0 heterocycles. The zero-order valence-electron chi connectivity index (χ0n) is 22.5. The van der Waals surface area contributed by atoms with Crippen LogP contribution in [0.2, 0.25) is 0 Å². The Morgan fingerprint density at radius 2 is 1.89 bits per heavy atom. The number of aliphatic hydroxyl groups is 4. The Bertz CT molecular complexity index is 771. The van der Waals surface area contributed by atoms with Gasteiger partial charge in [0.15, 0.2) is 0 Å². The Hall–Kier alpha value is -0.980. The molecule has 0 spiro atoms. The minimum Gasteiger partial charge on any atom is -0.396 e. The van der Waals surface area contributed by atoms with Crippen molar-refractivity contribution in [3.8, 4) is 0 Å². The van der Waals surface area contributed by atoms with Gasteiger partial charge in [0.2, 0.25) is 0 Å². The summed E-state index contributed by atoms with van der Waals surface area (Å²) in [5, 5.41) is 40.8. The van der Waals surface area contributed by atoms with Crippen LogP contribution in [0.3, 0.4) is 0 Å². The molecule has 3 saturated carbocycles. The number of allylic oxidation sites excluding steroid dienone is 3. The molecule has 3 fully saturated rings. The lowest BCUT2D eigenvalue weighted by Gasteiger charge is -2.44. The van der Waals surface area contributed by atoms with Gasteiger partial charge in [-0.3, -0.25) is 0 Å². The minimum absolute atomic E-state index is 0.0246. The second-order valence-corrected chi connectivity index (χ2v) is 12.2. The summed E-state index contributed by atoms with van der Waals surface area (Å²) in [7, 11) is 0. The number of hydrogen-bond donors (Lipinski definition) is 4. The molecule has 5 heteroatoms. The lowest BCUT2D eigenvalue weighted by Crippen LogP contribution is -2.45. The predicted molar refractivity (Wildman–Crippen MR) is 141 cm³/mol. The van der Waals surface area contributed by atoms with Crippen LogP contribution in [-0.2, 0) is 4.74 Å². The van der Waals surface area contributed by atoms with Gasteiger partial charge >= 0.3 is 0 Å². The van der Waals surface area contributed by atoms with Gasteiger partial charge in [-0.15, -0.1) is 0 Å². The van der Waals surface area contributed by atoms with Crippen molar-refractivity contribution in [2.45, 2.75) is 110 Å². The molecule has 0 radical (unpaired) electrons. The summed E-state index contributed by atoms with van der Waals surface area (Å²) in [5.41, 5.74) is 3.28. The highest BCUT2D eigenvalue weighted by atomic mass is 16.5. The van der Waals surface area contributed by atoms with Crippen LogP contribution in [0.25, 0.3) is 0 Å². The molecule has 0 amide bonds. The first-order valence-electron chi connectivity index (χ1n) is 13.9. The third-order valence-corrected chi connectivity index (χ3v) is 9.11. The fraction of sp³-hybridized carbons (Fsp3) is 0.800. The Morgan fingerprint density at radius 1 is 1.14 bits per heavy atom. The second-order valence-electron chi connectivity index (χ2n) is 12.2. The van der Waals surface area contributed by atoms with Crippen molar-refractivity contribution in [2.24, 2.45) is 29.1 Å². The normalized spacial score (nSPS) is 37.7. The molecule has 200 valence electrons. The Morgan fingerprint density at radius 3 is 2.57 bits per heavy atom. The average Bonchev–Trinajstić information content (AvgIpc) is 3.14. The van der Waals surface area contributed by atoms with Crippen LogP contribution in [0.15, 0.2) is 35.5 Å². The van der Waals surface area contributed by atoms with Crippen LogP contribution in [-0.4, -0.2) is 58.1 Å². The van der Waals surface area contributed by atoms with Crippen LogP contribution in [0.4, 0.5) is 0 Å². The van der Waals surface area contributed by atoms with Crippen LogP contribution >= 0.6 is 0 Å². The summed E-state index contributed by atoms with van der Waals surface area (Å²) >= 11 is 0. The first-order valence-corrected chi connectivity index (χ1v) is 13.9. The van der Waals surface area contributed by atoms with Crippen molar-refractivity contribution in [1.29, 1.82) is 0 Å². The largest absolute Gasteiger partial charge is 0.396 e. The summed E-state index contributed by atoms with van der Waals surface area (Å²) in [6.45, 7) is 13.6. The molecule has 35 heavy (non-hydrogen) atoms. The monoisotopic (exact) mass is 490 g/mol. The maximum atomic E-state index is 10.7. The summed E-state index contributed by atoms with van der Waals surface area (Å²) in [6, 6.07) is 0. The molecule has 5 nitrogen and oxygen atoms in total. The number of rotatable bonds is 10. The van der Waals surface area contributed by atoms with E-state index in [1.54, 1.807) is 0 Å². The molecule has 0 bridgehead atoms. The fourth-order valence-electron chi connectivity index (χ4n) is 7.39. The average molecular weight is 491 g/mol. The Balaban J connectivity index is 1.69. The molecular weight excluding hydrogens is 440 g/mol. The van der Waals surface area contributed by atoms with Gasteiger partial charge in [-0.05, 0) is 91.6 Å². The molecule has 3 rings (SSSR count). The van der Waals surface area contributed by atoms with Gasteiger partial charge in [-0.25, -0.2) is 0 Å². The first-order chi connectivity index (χ1) is 16.6. The van der Waals surface area contributed by atoms with Crippen LogP contribution in [0, 0.1) is 29.1 Å². The summed E-state index contributed by atoms with van der Waals surface area (Å²) in [4.78, 5) is 0. The van der Waals surface area contributed by atoms with Gasteiger partial charge in [0, 0.05) is 19.6 Å².